The number of rotatable bonds is 6. The quantitative estimate of drug-likeness (QED) is 0.360. The standard InChI is InChI=1S/C24H20N2O3S.CH3NO/c27-22-10-9-20(23-4-2-12-30-23)13-21(22)19-7-5-17(6-8-19)15-26-24(28)29-16-18-3-1-11-25-14-18;2-1-3/h1-14,27H,15-16H2,(H,26,28);1H,(H2,2,3). The minimum Gasteiger partial charge on any atom is -0.507 e. The van der Waals surface area contributed by atoms with Crippen LogP contribution in [0.2, 0.25) is 0 Å². The third-order valence-corrected chi connectivity index (χ3v) is 5.52. The van der Waals surface area contributed by atoms with Gasteiger partial charge in [-0.15, -0.1) is 11.3 Å². The van der Waals surface area contributed by atoms with Gasteiger partial charge in [0, 0.05) is 34.9 Å². The van der Waals surface area contributed by atoms with Crippen LogP contribution in [0.5, 0.6) is 5.75 Å². The highest BCUT2D eigenvalue weighted by Crippen LogP contribution is 2.35. The second-order valence-corrected chi connectivity index (χ2v) is 7.78. The summed E-state index contributed by atoms with van der Waals surface area (Å²) in [7, 11) is 0. The topological polar surface area (TPSA) is 115 Å². The number of thiophene rings is 1. The predicted molar refractivity (Wildman–Crippen MR) is 128 cm³/mol. The van der Waals surface area contributed by atoms with Crippen LogP contribution in [0.25, 0.3) is 21.6 Å². The summed E-state index contributed by atoms with van der Waals surface area (Å²) < 4.78 is 5.19. The number of alkyl carbamates (subject to hydrolysis) is 1. The molecule has 0 atom stereocenters. The average Bonchev–Trinajstić information content (AvgIpc) is 3.38. The Morgan fingerprint density at radius 2 is 1.82 bits per heavy atom. The normalized spacial score (nSPS) is 9.94. The molecule has 0 bridgehead atoms. The number of nitrogens with zero attached hydrogens (tertiary/aromatic N) is 1. The van der Waals surface area contributed by atoms with Crippen molar-refractivity contribution in [3.8, 4) is 27.3 Å². The number of carbonyl (C=O) groups is 2. The average molecular weight is 462 g/mol. The molecular formula is C25H23N3O4S. The first kappa shape index (κ1) is 23.5. The molecule has 4 aromatic rings. The van der Waals surface area contributed by atoms with Crippen molar-refractivity contribution in [3.63, 3.8) is 0 Å². The van der Waals surface area contributed by atoms with Crippen LogP contribution in [-0.2, 0) is 22.7 Å². The lowest BCUT2D eigenvalue weighted by Crippen LogP contribution is -2.23. The number of carbonyl (C=O) groups excluding carboxylic acids is 2. The molecule has 0 aliphatic rings. The zero-order chi connectivity index (χ0) is 23.5. The van der Waals surface area contributed by atoms with Gasteiger partial charge in [0.15, 0.2) is 0 Å². The highest BCUT2D eigenvalue weighted by atomic mass is 32.1. The van der Waals surface area contributed by atoms with Crippen LogP contribution >= 0.6 is 11.3 Å². The Balaban J connectivity index is 0.000000968. The minimum absolute atomic E-state index is 0.179. The van der Waals surface area contributed by atoms with E-state index in [0.29, 0.717) is 6.54 Å². The van der Waals surface area contributed by atoms with E-state index >= 15 is 0 Å². The maximum absolute atomic E-state index is 11.9. The molecule has 0 spiro atoms. The number of aromatic hydroxyl groups is 1. The van der Waals surface area contributed by atoms with E-state index in [1.54, 1.807) is 35.9 Å². The van der Waals surface area contributed by atoms with E-state index in [4.69, 9.17) is 9.53 Å². The first-order valence-electron chi connectivity index (χ1n) is 10.0. The SMILES string of the molecule is NC=O.O=C(NCc1ccc(-c2cc(-c3cccs3)ccc2O)cc1)OCc1cccnc1. The second kappa shape index (κ2) is 12.0. The molecule has 2 aromatic carbocycles. The molecule has 0 unspecified atom stereocenters. The number of nitrogens with one attached hydrogen (secondary N) is 1. The molecule has 2 amide bonds. The molecule has 4 rings (SSSR count). The molecule has 0 saturated heterocycles. The third kappa shape index (κ3) is 6.91. The number of phenols is 1. The lowest BCUT2D eigenvalue weighted by Gasteiger charge is -2.10. The number of phenolic OH excluding ortho intramolecular Hbond substituents is 1. The van der Waals surface area contributed by atoms with Gasteiger partial charge in [0.1, 0.15) is 12.4 Å². The van der Waals surface area contributed by atoms with Crippen LogP contribution < -0.4 is 11.1 Å². The maximum atomic E-state index is 11.9. The smallest absolute Gasteiger partial charge is 0.407 e. The minimum atomic E-state index is -0.482. The van der Waals surface area contributed by atoms with Crippen LogP contribution in [0.15, 0.2) is 84.5 Å². The molecule has 0 aliphatic heterocycles. The highest BCUT2D eigenvalue weighted by Gasteiger charge is 2.09. The van der Waals surface area contributed by atoms with Gasteiger partial charge in [0.25, 0.3) is 0 Å². The van der Waals surface area contributed by atoms with Crippen LogP contribution in [0.4, 0.5) is 4.79 Å². The van der Waals surface area contributed by atoms with Gasteiger partial charge in [0.05, 0.1) is 0 Å². The summed E-state index contributed by atoms with van der Waals surface area (Å²) in [6.07, 6.45) is 3.10. The first-order valence-corrected chi connectivity index (χ1v) is 10.9. The summed E-state index contributed by atoms with van der Waals surface area (Å²) in [6.45, 7) is 0.534. The van der Waals surface area contributed by atoms with Crippen molar-refractivity contribution >= 4 is 23.8 Å². The van der Waals surface area contributed by atoms with Crippen molar-refractivity contribution in [1.29, 1.82) is 0 Å². The van der Waals surface area contributed by atoms with Gasteiger partial charge in [-0.2, -0.15) is 0 Å². The van der Waals surface area contributed by atoms with E-state index in [9.17, 15) is 9.90 Å². The van der Waals surface area contributed by atoms with Crippen molar-refractivity contribution in [2.24, 2.45) is 5.73 Å². The van der Waals surface area contributed by atoms with Crippen molar-refractivity contribution in [2.75, 3.05) is 0 Å². The summed E-state index contributed by atoms with van der Waals surface area (Å²) in [6, 6.07) is 21.1. The summed E-state index contributed by atoms with van der Waals surface area (Å²) >= 11 is 1.66. The predicted octanol–water partition coefficient (Wildman–Crippen LogP) is 4.71. The molecule has 168 valence electrons. The maximum Gasteiger partial charge on any atom is 0.407 e. The Labute approximate surface area is 195 Å². The number of pyridine rings is 1. The van der Waals surface area contributed by atoms with E-state index in [1.807, 2.05) is 53.9 Å². The zero-order valence-corrected chi connectivity index (χ0v) is 18.5. The summed E-state index contributed by atoms with van der Waals surface area (Å²) in [5.74, 6) is 0.236. The van der Waals surface area contributed by atoms with Gasteiger partial charge >= 0.3 is 6.09 Å². The monoisotopic (exact) mass is 461 g/mol. The first-order chi connectivity index (χ1) is 16.1. The fourth-order valence-corrected chi connectivity index (χ4v) is 3.75. The molecule has 0 saturated carbocycles. The van der Waals surface area contributed by atoms with Crippen LogP contribution in [0.3, 0.4) is 0 Å². The largest absolute Gasteiger partial charge is 0.507 e. The van der Waals surface area contributed by atoms with E-state index in [0.717, 1.165) is 32.7 Å². The number of hydrogen-bond donors (Lipinski definition) is 3. The van der Waals surface area contributed by atoms with E-state index in [-0.39, 0.29) is 18.8 Å². The lowest BCUT2D eigenvalue weighted by atomic mass is 10.00. The van der Waals surface area contributed by atoms with Gasteiger partial charge in [-0.25, -0.2) is 4.79 Å². The van der Waals surface area contributed by atoms with Gasteiger partial charge in [0.2, 0.25) is 6.41 Å². The van der Waals surface area contributed by atoms with Crippen LogP contribution in [0.1, 0.15) is 11.1 Å². The number of nitrogens with two attached hydrogens (primary N) is 1. The Hall–Kier alpha value is -4.17. The van der Waals surface area contributed by atoms with Crippen molar-refractivity contribution < 1.29 is 19.4 Å². The number of amides is 2. The van der Waals surface area contributed by atoms with Gasteiger partial charge in [-0.05, 0) is 52.4 Å². The zero-order valence-electron chi connectivity index (χ0n) is 17.7. The van der Waals surface area contributed by atoms with Gasteiger partial charge in [-0.1, -0.05) is 36.4 Å². The molecule has 7 nitrogen and oxygen atoms in total. The fraction of sp³-hybridized carbons (Fsp3) is 0.0800. The number of ether oxygens (including phenoxy) is 1. The van der Waals surface area contributed by atoms with E-state index in [1.165, 1.54) is 0 Å². The van der Waals surface area contributed by atoms with Crippen molar-refractivity contribution in [2.45, 2.75) is 13.2 Å². The molecule has 33 heavy (non-hydrogen) atoms. The van der Waals surface area contributed by atoms with E-state index in [2.05, 4.69) is 22.1 Å². The molecule has 2 heterocycles. The highest BCUT2D eigenvalue weighted by molar-refractivity contribution is 7.13. The number of primary amides is 1. The molecule has 0 radical (unpaired) electrons. The Kier molecular flexibility index (Phi) is 8.55. The molecule has 8 heteroatoms. The molecule has 0 fully saturated rings. The van der Waals surface area contributed by atoms with Crippen LogP contribution in [0, 0.1) is 0 Å². The summed E-state index contributed by atoms with van der Waals surface area (Å²) in [4.78, 5) is 25.6. The molecule has 4 N–H and O–H groups in total. The Morgan fingerprint density at radius 1 is 1.06 bits per heavy atom. The number of aromatic nitrogens is 1. The Morgan fingerprint density at radius 3 is 2.48 bits per heavy atom. The third-order valence-electron chi connectivity index (χ3n) is 4.60. The van der Waals surface area contributed by atoms with Crippen molar-refractivity contribution in [3.05, 3.63) is 95.6 Å². The summed E-state index contributed by atoms with van der Waals surface area (Å²) in [5, 5.41) is 15.1. The molecular weight excluding hydrogens is 438 g/mol. The Bertz CT molecular complexity index is 1160. The fourth-order valence-electron chi connectivity index (χ4n) is 3.02. The lowest BCUT2D eigenvalue weighted by molar-refractivity contribution is -0.106. The molecule has 2 aromatic heterocycles. The number of benzene rings is 2. The van der Waals surface area contributed by atoms with Crippen molar-refractivity contribution in [1.82, 2.24) is 10.3 Å². The second-order valence-electron chi connectivity index (χ2n) is 6.83. The van der Waals surface area contributed by atoms with Gasteiger partial charge < -0.3 is 20.9 Å². The summed E-state index contributed by atoms with van der Waals surface area (Å²) in [5.41, 5.74) is 8.69. The van der Waals surface area contributed by atoms with Gasteiger partial charge in [-0.3, -0.25) is 9.78 Å². The molecule has 0 aliphatic carbocycles. The number of hydrogen-bond acceptors (Lipinski definition) is 6. The van der Waals surface area contributed by atoms with E-state index < -0.39 is 6.09 Å². The van der Waals surface area contributed by atoms with Crippen LogP contribution in [-0.4, -0.2) is 22.6 Å².